The molecule has 0 spiro atoms. The summed E-state index contributed by atoms with van der Waals surface area (Å²) in [5, 5.41) is 10.6. The second-order valence-electron chi connectivity index (χ2n) is 3.15. The maximum absolute atomic E-state index is 12.9. The number of hydrogen-bond acceptors (Lipinski definition) is 3. The van der Waals surface area contributed by atoms with E-state index in [-0.39, 0.29) is 10.9 Å². The van der Waals surface area contributed by atoms with Crippen LogP contribution in [0.25, 0.3) is 10.9 Å². The molecule has 16 heavy (non-hydrogen) atoms. The van der Waals surface area contributed by atoms with Gasteiger partial charge in [-0.25, -0.2) is 8.78 Å². The summed E-state index contributed by atoms with van der Waals surface area (Å²) in [7, 11) is 0. The van der Waals surface area contributed by atoms with Crippen molar-refractivity contribution in [1.82, 2.24) is 4.98 Å². The van der Waals surface area contributed by atoms with Crippen LogP contribution in [-0.2, 0) is 0 Å². The first-order chi connectivity index (χ1) is 7.49. The molecular formula is C10H4F2NO3-. The van der Waals surface area contributed by atoms with Crippen LogP contribution in [0.3, 0.4) is 0 Å². The Hall–Kier alpha value is -2.24. The quantitative estimate of drug-likeness (QED) is 0.750. The molecule has 1 aromatic heterocycles. The smallest absolute Gasteiger partial charge is 0.257 e. The monoisotopic (exact) mass is 224 g/mol. The molecule has 4 nitrogen and oxygen atoms in total. The maximum atomic E-state index is 12.9. The third kappa shape index (κ3) is 1.54. The van der Waals surface area contributed by atoms with Crippen molar-refractivity contribution in [2.75, 3.05) is 0 Å². The first-order valence-electron chi connectivity index (χ1n) is 4.22. The van der Waals surface area contributed by atoms with Crippen molar-refractivity contribution >= 4 is 16.9 Å². The van der Waals surface area contributed by atoms with Gasteiger partial charge < -0.3 is 14.9 Å². The van der Waals surface area contributed by atoms with Gasteiger partial charge in [0.25, 0.3) is 5.56 Å². The van der Waals surface area contributed by atoms with E-state index in [1.807, 2.05) is 0 Å². The Kier molecular flexibility index (Phi) is 2.19. The number of benzene rings is 1. The van der Waals surface area contributed by atoms with Gasteiger partial charge in [-0.3, -0.25) is 4.79 Å². The number of carbonyl (C=O) groups excluding carboxylic acids is 1. The summed E-state index contributed by atoms with van der Waals surface area (Å²) < 4.78 is 25.7. The topological polar surface area (TPSA) is 73.0 Å². The van der Waals surface area contributed by atoms with E-state index < -0.39 is 28.7 Å². The number of aromatic carboxylic acids is 1. The highest BCUT2D eigenvalue weighted by atomic mass is 19.2. The number of hydrogen-bond donors (Lipinski definition) is 1. The van der Waals surface area contributed by atoms with Crippen LogP contribution in [0, 0.1) is 11.6 Å². The number of rotatable bonds is 1. The van der Waals surface area contributed by atoms with Crippen molar-refractivity contribution in [2.24, 2.45) is 0 Å². The molecule has 1 aromatic carbocycles. The maximum Gasteiger partial charge on any atom is 0.257 e. The first kappa shape index (κ1) is 10.3. The molecule has 1 heterocycles. The molecule has 0 radical (unpaired) electrons. The minimum atomic E-state index is -1.67. The van der Waals surface area contributed by atoms with Crippen molar-refractivity contribution < 1.29 is 18.7 Å². The fraction of sp³-hybridized carbons (Fsp3) is 0. The van der Waals surface area contributed by atoms with E-state index in [4.69, 9.17) is 0 Å². The Labute approximate surface area is 87.1 Å². The lowest BCUT2D eigenvalue weighted by molar-refractivity contribution is -0.255. The normalized spacial score (nSPS) is 10.6. The van der Waals surface area contributed by atoms with Crippen molar-refractivity contribution in [1.29, 1.82) is 0 Å². The molecule has 0 saturated heterocycles. The van der Waals surface area contributed by atoms with Crippen molar-refractivity contribution in [3.63, 3.8) is 0 Å². The van der Waals surface area contributed by atoms with Crippen LogP contribution in [0.2, 0.25) is 0 Å². The lowest BCUT2D eigenvalue weighted by atomic mass is 10.1. The molecule has 0 bridgehead atoms. The largest absolute Gasteiger partial charge is 0.545 e. The fourth-order valence-electron chi connectivity index (χ4n) is 1.35. The molecule has 2 aromatic rings. The summed E-state index contributed by atoms with van der Waals surface area (Å²) >= 11 is 0. The molecule has 0 aliphatic rings. The molecule has 0 aliphatic heterocycles. The average Bonchev–Trinajstić information content (AvgIpc) is 2.19. The fourth-order valence-corrected chi connectivity index (χ4v) is 1.35. The van der Waals surface area contributed by atoms with Gasteiger partial charge in [0.05, 0.1) is 17.0 Å². The molecule has 1 N–H and O–H groups in total. The third-order valence-corrected chi connectivity index (χ3v) is 2.11. The summed E-state index contributed by atoms with van der Waals surface area (Å²) in [4.78, 5) is 23.8. The van der Waals surface area contributed by atoms with E-state index in [2.05, 4.69) is 4.98 Å². The zero-order valence-electron chi connectivity index (χ0n) is 7.71. The number of aromatic amines is 1. The SMILES string of the molecule is O=C([O-])c1cc2cc(F)c(F)cc2[nH]c1=O. The first-order valence-corrected chi connectivity index (χ1v) is 4.22. The molecule has 0 fully saturated rings. The lowest BCUT2D eigenvalue weighted by Crippen LogP contribution is -2.29. The van der Waals surface area contributed by atoms with Gasteiger partial charge in [-0.05, 0) is 12.1 Å². The Morgan fingerprint density at radius 2 is 1.81 bits per heavy atom. The number of pyridine rings is 1. The predicted molar refractivity (Wildman–Crippen MR) is 48.8 cm³/mol. The Morgan fingerprint density at radius 1 is 1.19 bits per heavy atom. The summed E-state index contributed by atoms with van der Waals surface area (Å²) in [5.74, 6) is -3.92. The minimum Gasteiger partial charge on any atom is -0.545 e. The van der Waals surface area contributed by atoms with E-state index in [1.165, 1.54) is 0 Å². The van der Waals surface area contributed by atoms with Gasteiger partial charge in [-0.1, -0.05) is 0 Å². The number of carboxylic acids is 1. The molecule has 0 unspecified atom stereocenters. The van der Waals surface area contributed by atoms with Crippen LogP contribution >= 0.6 is 0 Å². The number of H-pyrrole nitrogens is 1. The van der Waals surface area contributed by atoms with Crippen molar-refractivity contribution in [3.8, 4) is 0 Å². The van der Waals surface area contributed by atoms with Gasteiger partial charge in [-0.15, -0.1) is 0 Å². The number of aromatic nitrogens is 1. The molecule has 0 amide bonds. The summed E-state index contributed by atoms with van der Waals surface area (Å²) in [6.45, 7) is 0. The molecule has 0 aliphatic carbocycles. The zero-order valence-corrected chi connectivity index (χ0v) is 7.71. The molecule has 0 atom stereocenters. The zero-order chi connectivity index (χ0) is 11.9. The van der Waals surface area contributed by atoms with Crippen molar-refractivity contribution in [3.05, 3.63) is 45.8 Å². The van der Waals surface area contributed by atoms with Crippen LogP contribution in [0.4, 0.5) is 8.78 Å². The summed E-state index contributed by atoms with van der Waals surface area (Å²) in [6, 6.07) is 2.52. The van der Waals surface area contributed by atoms with E-state index >= 15 is 0 Å². The van der Waals surface area contributed by atoms with E-state index in [0.717, 1.165) is 18.2 Å². The number of carbonyl (C=O) groups is 1. The van der Waals surface area contributed by atoms with Crippen LogP contribution in [0.15, 0.2) is 23.0 Å². The second-order valence-corrected chi connectivity index (χ2v) is 3.15. The molecule has 0 saturated carbocycles. The second kappa shape index (κ2) is 3.41. The highest BCUT2D eigenvalue weighted by Gasteiger charge is 2.08. The standard InChI is InChI=1S/C10H5F2NO3/c11-6-2-4-1-5(10(15)16)9(14)13-8(4)3-7(6)12/h1-3H,(H,13,14)(H,15,16)/p-1. The molecule has 2 rings (SSSR count). The number of carboxylic acid groups (broad SMARTS) is 1. The highest BCUT2D eigenvalue weighted by Crippen LogP contribution is 2.15. The van der Waals surface area contributed by atoms with Crippen LogP contribution in [-0.4, -0.2) is 11.0 Å². The van der Waals surface area contributed by atoms with Gasteiger partial charge in [0.15, 0.2) is 11.6 Å². The van der Waals surface area contributed by atoms with Gasteiger partial charge in [0.2, 0.25) is 0 Å². The lowest BCUT2D eigenvalue weighted by Gasteiger charge is -2.04. The average molecular weight is 224 g/mol. The highest BCUT2D eigenvalue weighted by molar-refractivity contribution is 5.91. The summed E-state index contributed by atoms with van der Waals surface area (Å²) in [5.41, 5.74) is -1.52. The third-order valence-electron chi connectivity index (χ3n) is 2.11. The summed E-state index contributed by atoms with van der Waals surface area (Å²) in [6.07, 6.45) is 0. The van der Waals surface area contributed by atoms with E-state index in [0.29, 0.717) is 0 Å². The van der Waals surface area contributed by atoms with Gasteiger partial charge in [0.1, 0.15) is 0 Å². The number of nitrogens with one attached hydrogen (secondary N) is 1. The molecule has 6 heteroatoms. The van der Waals surface area contributed by atoms with Crippen LogP contribution in [0.1, 0.15) is 10.4 Å². The predicted octanol–water partition coefficient (Wildman–Crippen LogP) is 0.170. The molecular weight excluding hydrogens is 220 g/mol. The van der Waals surface area contributed by atoms with Gasteiger partial charge in [0, 0.05) is 11.5 Å². The van der Waals surface area contributed by atoms with Crippen molar-refractivity contribution in [2.45, 2.75) is 0 Å². The van der Waals surface area contributed by atoms with E-state index in [1.54, 1.807) is 0 Å². The Balaban J connectivity index is 2.85. The van der Waals surface area contributed by atoms with E-state index in [9.17, 15) is 23.5 Å². The van der Waals surface area contributed by atoms with Gasteiger partial charge >= 0.3 is 0 Å². The minimum absolute atomic E-state index is 0.0221. The number of fused-ring (bicyclic) bond motifs is 1. The van der Waals surface area contributed by atoms with Gasteiger partial charge in [-0.2, -0.15) is 0 Å². The Morgan fingerprint density at radius 3 is 2.44 bits per heavy atom. The molecule has 82 valence electrons. The number of halogens is 2. The van der Waals surface area contributed by atoms with Crippen LogP contribution < -0.4 is 10.7 Å². The Bertz CT molecular complexity index is 648. The van der Waals surface area contributed by atoms with Crippen LogP contribution in [0.5, 0.6) is 0 Å².